The van der Waals surface area contributed by atoms with Crippen LogP contribution in [-0.4, -0.2) is 49.9 Å². The molecule has 1 amide bonds. The Labute approximate surface area is 223 Å². The molecular formula is C26H27N9O3. The Morgan fingerprint density at radius 2 is 2.05 bits per heavy atom. The van der Waals surface area contributed by atoms with Crippen LogP contribution in [0.3, 0.4) is 0 Å². The number of hydrogen-bond acceptors (Lipinski definition) is 10. The largest absolute Gasteiger partial charge is 0.494 e. The first kappa shape index (κ1) is 20.5. The van der Waals surface area contributed by atoms with Gasteiger partial charge in [0.2, 0.25) is 0 Å². The summed E-state index contributed by atoms with van der Waals surface area (Å²) in [6.07, 6.45) is 3.82. The van der Waals surface area contributed by atoms with E-state index in [-0.39, 0.29) is 30.4 Å². The van der Waals surface area contributed by atoms with Gasteiger partial charge in [0.25, 0.3) is 5.91 Å². The topological polar surface area (TPSA) is 141 Å². The molecule has 1 aliphatic heterocycles. The Balaban J connectivity index is 1.49. The van der Waals surface area contributed by atoms with E-state index in [2.05, 4.69) is 35.9 Å². The number of ether oxygens (including phenoxy) is 2. The van der Waals surface area contributed by atoms with E-state index in [0.717, 1.165) is 29.7 Å². The Bertz CT molecular complexity index is 1640. The van der Waals surface area contributed by atoms with E-state index in [0.29, 0.717) is 34.7 Å². The Morgan fingerprint density at radius 1 is 1.16 bits per heavy atom. The van der Waals surface area contributed by atoms with E-state index in [1.807, 2.05) is 35.1 Å². The molecule has 6 rings (SSSR count). The number of nitrogens with one attached hydrogen (secondary N) is 3. The molecule has 12 heteroatoms. The first-order chi connectivity index (χ1) is 19.7. The number of benzene rings is 1. The molecule has 6 bridgehead atoms. The zero-order valence-corrected chi connectivity index (χ0v) is 20.8. The molecule has 3 N–H and O–H groups in total. The summed E-state index contributed by atoms with van der Waals surface area (Å²) in [6, 6.07) is 9.32. The number of pyridine rings is 1. The van der Waals surface area contributed by atoms with Crippen LogP contribution in [0.15, 0.2) is 36.7 Å². The van der Waals surface area contributed by atoms with Gasteiger partial charge in [-0.2, -0.15) is 5.10 Å². The standard InChI is InChI=1S/C26H27N9O3/c1-14-4-7-21-30-20(14)12-38-11-15-8-17(25-28-13-35(34-25)16-5-6-16)24(37-3)19(9-15)29-18-10-22(31-21)32-33-23(18)26(36)27-2/h4,7-10,13,16,29H,5-6,11-12H2,1-3H3,(H,27,36)(H,30,31,32)/i2D3. The van der Waals surface area contributed by atoms with Gasteiger partial charge in [0, 0.05) is 17.2 Å². The van der Waals surface area contributed by atoms with Gasteiger partial charge in [0.1, 0.15) is 12.1 Å². The van der Waals surface area contributed by atoms with Gasteiger partial charge in [0.05, 0.1) is 49.0 Å². The molecule has 194 valence electrons. The van der Waals surface area contributed by atoms with E-state index in [1.165, 1.54) is 7.11 Å². The molecule has 2 aliphatic rings. The van der Waals surface area contributed by atoms with E-state index in [1.54, 1.807) is 18.5 Å². The minimum Gasteiger partial charge on any atom is -0.494 e. The third kappa shape index (κ3) is 4.61. The normalized spacial score (nSPS) is 16.1. The van der Waals surface area contributed by atoms with Crippen molar-refractivity contribution in [3.8, 4) is 17.1 Å². The van der Waals surface area contributed by atoms with E-state index in [9.17, 15) is 4.79 Å². The van der Waals surface area contributed by atoms with Gasteiger partial charge < -0.3 is 25.4 Å². The SMILES string of the molecule is [2H]C([2H])([2H])NC(=O)c1nnc2cc1Nc1cc(cc(-c3ncn(C4CC4)n3)c1OC)COCc1nc(ccc1C)N2. The van der Waals surface area contributed by atoms with Crippen molar-refractivity contribution >= 4 is 28.9 Å². The smallest absolute Gasteiger partial charge is 0.273 e. The number of methoxy groups -OCH3 is 1. The molecule has 1 aromatic carbocycles. The van der Waals surface area contributed by atoms with Gasteiger partial charge >= 0.3 is 0 Å². The monoisotopic (exact) mass is 516 g/mol. The third-order valence-electron chi connectivity index (χ3n) is 6.38. The van der Waals surface area contributed by atoms with Crippen LogP contribution < -0.4 is 20.7 Å². The van der Waals surface area contributed by atoms with E-state index >= 15 is 0 Å². The molecule has 38 heavy (non-hydrogen) atoms. The number of carbonyl (C=O) groups is 1. The highest BCUT2D eigenvalue weighted by atomic mass is 16.5. The lowest BCUT2D eigenvalue weighted by Crippen LogP contribution is -2.21. The molecule has 4 aromatic rings. The second kappa shape index (κ2) is 9.71. The number of anilines is 4. The second-order valence-corrected chi connectivity index (χ2v) is 9.15. The maximum Gasteiger partial charge on any atom is 0.273 e. The minimum atomic E-state index is -2.72. The van der Waals surface area contributed by atoms with Crippen LogP contribution in [0.2, 0.25) is 0 Å². The summed E-state index contributed by atoms with van der Waals surface area (Å²) >= 11 is 0. The number of rotatable bonds is 4. The lowest BCUT2D eigenvalue weighted by molar-refractivity contribution is 0.0958. The fourth-order valence-corrected chi connectivity index (χ4v) is 4.27. The zero-order valence-electron chi connectivity index (χ0n) is 23.8. The van der Waals surface area contributed by atoms with Crippen LogP contribution in [0.1, 0.15) is 50.3 Å². The second-order valence-electron chi connectivity index (χ2n) is 9.15. The van der Waals surface area contributed by atoms with Crippen molar-refractivity contribution in [2.45, 2.75) is 39.0 Å². The summed E-state index contributed by atoms with van der Waals surface area (Å²) in [5.41, 5.74) is 3.53. The number of aryl methyl sites for hydroxylation is 1. The lowest BCUT2D eigenvalue weighted by Gasteiger charge is -2.19. The predicted octanol–water partition coefficient (Wildman–Crippen LogP) is 3.66. The van der Waals surface area contributed by atoms with Gasteiger partial charge in [-0.3, -0.25) is 4.79 Å². The number of hydrogen-bond donors (Lipinski definition) is 3. The molecule has 0 spiro atoms. The maximum absolute atomic E-state index is 13.0. The molecule has 1 fully saturated rings. The summed E-state index contributed by atoms with van der Waals surface area (Å²) in [4.78, 5) is 22.1. The molecule has 0 atom stereocenters. The molecule has 4 heterocycles. The van der Waals surface area contributed by atoms with Gasteiger partial charge in [-0.05, 0) is 49.1 Å². The quantitative estimate of drug-likeness (QED) is 0.368. The summed E-state index contributed by atoms with van der Waals surface area (Å²) in [6.45, 7) is -0.268. The van der Waals surface area contributed by atoms with Crippen molar-refractivity contribution in [2.75, 3.05) is 24.7 Å². The zero-order chi connectivity index (χ0) is 28.7. The van der Waals surface area contributed by atoms with Crippen LogP contribution in [0, 0.1) is 6.92 Å². The van der Waals surface area contributed by atoms with Gasteiger partial charge in [-0.1, -0.05) is 6.07 Å². The highest BCUT2D eigenvalue weighted by Crippen LogP contribution is 2.40. The fraction of sp³-hybridized carbons (Fsp3) is 0.308. The number of nitrogens with zero attached hydrogens (tertiary/aromatic N) is 6. The number of amides is 1. The summed E-state index contributed by atoms with van der Waals surface area (Å²) in [5.74, 6) is 0.749. The predicted molar refractivity (Wildman–Crippen MR) is 140 cm³/mol. The van der Waals surface area contributed by atoms with Crippen LogP contribution in [-0.2, 0) is 18.0 Å². The van der Waals surface area contributed by atoms with Crippen LogP contribution in [0.5, 0.6) is 5.75 Å². The molecule has 0 saturated heterocycles. The molecule has 3 aromatic heterocycles. The summed E-state index contributed by atoms with van der Waals surface area (Å²) in [7, 11) is 1.53. The Morgan fingerprint density at radius 3 is 2.87 bits per heavy atom. The van der Waals surface area contributed by atoms with Crippen LogP contribution >= 0.6 is 0 Å². The average molecular weight is 517 g/mol. The summed E-state index contributed by atoms with van der Waals surface area (Å²) < 4.78 is 36.2. The van der Waals surface area contributed by atoms with E-state index in [4.69, 9.17) is 13.6 Å². The molecule has 1 saturated carbocycles. The van der Waals surface area contributed by atoms with Crippen molar-refractivity contribution in [1.29, 1.82) is 0 Å². The van der Waals surface area contributed by atoms with Crippen LogP contribution in [0.25, 0.3) is 11.4 Å². The van der Waals surface area contributed by atoms with Gasteiger partial charge in [0.15, 0.2) is 23.1 Å². The van der Waals surface area contributed by atoms with Crippen molar-refractivity contribution in [1.82, 2.24) is 35.3 Å². The first-order valence-electron chi connectivity index (χ1n) is 13.6. The number of fused-ring (bicyclic) bond motifs is 6. The van der Waals surface area contributed by atoms with Crippen molar-refractivity contribution in [3.05, 3.63) is 59.2 Å². The molecule has 1 aliphatic carbocycles. The van der Waals surface area contributed by atoms with Gasteiger partial charge in [-0.25, -0.2) is 14.6 Å². The molecular weight excluding hydrogens is 486 g/mol. The summed E-state index contributed by atoms with van der Waals surface area (Å²) in [5, 5.41) is 21.1. The lowest BCUT2D eigenvalue weighted by atomic mass is 10.1. The minimum absolute atomic E-state index is 0.187. The number of carbonyl (C=O) groups excluding carboxylic acids is 1. The number of aromatic nitrogens is 6. The third-order valence-corrected chi connectivity index (χ3v) is 6.38. The van der Waals surface area contributed by atoms with Crippen molar-refractivity contribution < 1.29 is 18.4 Å². The van der Waals surface area contributed by atoms with E-state index < -0.39 is 12.9 Å². The Hall–Kier alpha value is -4.58. The highest BCUT2D eigenvalue weighted by molar-refractivity contribution is 5.99. The average Bonchev–Trinajstić information content (AvgIpc) is 3.65. The van der Waals surface area contributed by atoms with Gasteiger partial charge in [-0.15, -0.1) is 10.2 Å². The molecule has 0 radical (unpaired) electrons. The van der Waals surface area contributed by atoms with Crippen molar-refractivity contribution in [3.63, 3.8) is 0 Å². The highest BCUT2D eigenvalue weighted by Gasteiger charge is 2.26. The fourth-order valence-electron chi connectivity index (χ4n) is 4.27. The maximum atomic E-state index is 13.0. The van der Waals surface area contributed by atoms with Crippen molar-refractivity contribution in [2.24, 2.45) is 0 Å². The first-order valence-corrected chi connectivity index (χ1v) is 12.1. The molecule has 12 nitrogen and oxygen atoms in total. The molecule has 0 unspecified atom stereocenters. The Kier molecular flexibility index (Phi) is 5.23. The van der Waals surface area contributed by atoms with Crippen LogP contribution in [0.4, 0.5) is 23.0 Å².